The predicted octanol–water partition coefficient (Wildman–Crippen LogP) is 2.91. The quantitative estimate of drug-likeness (QED) is 0.741. The third-order valence-corrected chi connectivity index (χ3v) is 2.33. The van der Waals surface area contributed by atoms with Gasteiger partial charge in [0, 0.05) is 11.1 Å². The molecule has 0 amide bonds. The first kappa shape index (κ1) is 11.4. The maximum atomic E-state index is 13.3. The average molecular weight is 226 g/mol. The molecule has 84 valence electrons. The third-order valence-electron chi connectivity index (χ3n) is 2.33. The van der Waals surface area contributed by atoms with Crippen LogP contribution in [-0.4, -0.2) is 5.11 Å². The standard InChI is InChI=1S/C15H11FO/c16-14-9-5-4-8-13(14)15(17)11-10-12-6-2-1-3-7-12/h1-9,15,17H/t15-/m1/s1. The average Bonchev–Trinajstić information content (AvgIpc) is 2.38. The van der Waals surface area contributed by atoms with Crippen molar-refractivity contribution >= 4 is 0 Å². The summed E-state index contributed by atoms with van der Waals surface area (Å²) in [5.74, 6) is 4.98. The van der Waals surface area contributed by atoms with Crippen molar-refractivity contribution in [3.63, 3.8) is 0 Å². The van der Waals surface area contributed by atoms with Crippen LogP contribution in [-0.2, 0) is 0 Å². The molecule has 0 radical (unpaired) electrons. The van der Waals surface area contributed by atoms with E-state index < -0.39 is 11.9 Å². The molecule has 1 atom stereocenters. The van der Waals surface area contributed by atoms with E-state index in [-0.39, 0.29) is 5.56 Å². The molecule has 17 heavy (non-hydrogen) atoms. The van der Waals surface area contributed by atoms with Crippen LogP contribution in [0.2, 0.25) is 0 Å². The molecular formula is C15H11FO. The van der Waals surface area contributed by atoms with Crippen molar-refractivity contribution < 1.29 is 9.50 Å². The van der Waals surface area contributed by atoms with E-state index in [1.807, 2.05) is 30.3 Å². The fourth-order valence-electron chi connectivity index (χ4n) is 1.45. The first-order valence-corrected chi connectivity index (χ1v) is 5.26. The summed E-state index contributed by atoms with van der Waals surface area (Å²) in [5.41, 5.74) is 0.999. The molecule has 0 fully saturated rings. The number of aliphatic hydroxyl groups is 1. The monoisotopic (exact) mass is 226 g/mol. The molecule has 0 saturated carbocycles. The molecule has 0 aliphatic rings. The van der Waals surface area contributed by atoms with E-state index in [9.17, 15) is 9.50 Å². The number of rotatable bonds is 1. The Balaban J connectivity index is 2.21. The molecule has 0 spiro atoms. The van der Waals surface area contributed by atoms with Gasteiger partial charge < -0.3 is 5.11 Å². The fourth-order valence-corrected chi connectivity index (χ4v) is 1.45. The summed E-state index contributed by atoms with van der Waals surface area (Å²) < 4.78 is 13.3. The second kappa shape index (κ2) is 5.29. The lowest BCUT2D eigenvalue weighted by Crippen LogP contribution is -1.97. The van der Waals surface area contributed by atoms with E-state index in [1.54, 1.807) is 12.1 Å². The first-order chi connectivity index (χ1) is 8.27. The molecule has 0 heterocycles. The minimum absolute atomic E-state index is 0.205. The summed E-state index contributed by atoms with van der Waals surface area (Å²) in [6, 6.07) is 15.4. The van der Waals surface area contributed by atoms with Crippen LogP contribution in [0.25, 0.3) is 0 Å². The Morgan fingerprint density at radius 1 is 0.941 bits per heavy atom. The molecule has 0 aliphatic carbocycles. The smallest absolute Gasteiger partial charge is 0.143 e. The van der Waals surface area contributed by atoms with Crippen LogP contribution in [0.3, 0.4) is 0 Å². The lowest BCUT2D eigenvalue weighted by atomic mass is 10.1. The van der Waals surface area contributed by atoms with Gasteiger partial charge in [-0.1, -0.05) is 48.2 Å². The van der Waals surface area contributed by atoms with Crippen molar-refractivity contribution in [2.24, 2.45) is 0 Å². The zero-order chi connectivity index (χ0) is 12.1. The highest BCUT2D eigenvalue weighted by Crippen LogP contribution is 2.15. The van der Waals surface area contributed by atoms with Crippen molar-refractivity contribution in [2.75, 3.05) is 0 Å². The highest BCUT2D eigenvalue weighted by molar-refractivity contribution is 5.36. The van der Waals surface area contributed by atoms with E-state index in [0.717, 1.165) is 5.56 Å². The Morgan fingerprint density at radius 2 is 1.59 bits per heavy atom. The molecule has 1 N–H and O–H groups in total. The van der Waals surface area contributed by atoms with Gasteiger partial charge in [-0.2, -0.15) is 0 Å². The van der Waals surface area contributed by atoms with Gasteiger partial charge in [0.15, 0.2) is 0 Å². The van der Waals surface area contributed by atoms with Crippen LogP contribution >= 0.6 is 0 Å². The molecule has 2 heteroatoms. The van der Waals surface area contributed by atoms with Gasteiger partial charge in [-0.05, 0) is 18.2 Å². The molecule has 2 aromatic rings. The molecule has 0 bridgehead atoms. The molecule has 0 aliphatic heterocycles. The number of halogens is 1. The maximum Gasteiger partial charge on any atom is 0.143 e. The molecular weight excluding hydrogens is 215 g/mol. The van der Waals surface area contributed by atoms with Crippen molar-refractivity contribution in [3.8, 4) is 11.8 Å². The van der Waals surface area contributed by atoms with Gasteiger partial charge in [-0.3, -0.25) is 0 Å². The Morgan fingerprint density at radius 3 is 2.29 bits per heavy atom. The Bertz CT molecular complexity index is 552. The van der Waals surface area contributed by atoms with Crippen LogP contribution in [0.4, 0.5) is 4.39 Å². The minimum Gasteiger partial charge on any atom is -0.376 e. The van der Waals surface area contributed by atoms with Crippen LogP contribution in [0.1, 0.15) is 17.2 Å². The summed E-state index contributed by atoms with van der Waals surface area (Å²) >= 11 is 0. The minimum atomic E-state index is -1.10. The van der Waals surface area contributed by atoms with Gasteiger partial charge in [-0.15, -0.1) is 0 Å². The summed E-state index contributed by atoms with van der Waals surface area (Å²) in [6.07, 6.45) is -1.10. The molecule has 1 nitrogen and oxygen atoms in total. The second-order valence-corrected chi connectivity index (χ2v) is 3.56. The highest BCUT2D eigenvalue weighted by atomic mass is 19.1. The lowest BCUT2D eigenvalue weighted by molar-refractivity contribution is 0.233. The first-order valence-electron chi connectivity index (χ1n) is 5.26. The van der Waals surface area contributed by atoms with Gasteiger partial charge in [0.2, 0.25) is 0 Å². The number of hydrogen-bond donors (Lipinski definition) is 1. The topological polar surface area (TPSA) is 20.2 Å². The van der Waals surface area contributed by atoms with E-state index in [0.29, 0.717) is 0 Å². The zero-order valence-electron chi connectivity index (χ0n) is 9.10. The number of benzene rings is 2. The van der Waals surface area contributed by atoms with Gasteiger partial charge in [0.1, 0.15) is 11.9 Å². The van der Waals surface area contributed by atoms with Crippen LogP contribution in [0.5, 0.6) is 0 Å². The maximum absolute atomic E-state index is 13.3. The SMILES string of the molecule is O[C@H](C#Cc1ccccc1)c1ccccc1F. The van der Waals surface area contributed by atoms with E-state index in [2.05, 4.69) is 11.8 Å². The number of aliphatic hydroxyl groups excluding tert-OH is 1. The van der Waals surface area contributed by atoms with E-state index >= 15 is 0 Å². The molecule has 0 aromatic heterocycles. The Hall–Kier alpha value is -2.11. The number of hydrogen-bond acceptors (Lipinski definition) is 1. The van der Waals surface area contributed by atoms with E-state index in [1.165, 1.54) is 12.1 Å². The van der Waals surface area contributed by atoms with Gasteiger partial charge in [0.05, 0.1) is 0 Å². The summed E-state index contributed by atoms with van der Waals surface area (Å²) in [6.45, 7) is 0. The molecule has 0 saturated heterocycles. The van der Waals surface area contributed by atoms with Crippen LogP contribution in [0, 0.1) is 17.7 Å². The molecule has 2 aromatic carbocycles. The molecule has 0 unspecified atom stereocenters. The normalized spacial score (nSPS) is 11.4. The van der Waals surface area contributed by atoms with Crippen LogP contribution < -0.4 is 0 Å². The summed E-state index contributed by atoms with van der Waals surface area (Å²) in [4.78, 5) is 0. The lowest BCUT2D eigenvalue weighted by Gasteiger charge is -2.04. The zero-order valence-corrected chi connectivity index (χ0v) is 9.10. The second-order valence-electron chi connectivity index (χ2n) is 3.56. The Labute approximate surface area is 99.5 Å². The largest absolute Gasteiger partial charge is 0.376 e. The fraction of sp³-hybridized carbons (Fsp3) is 0.0667. The van der Waals surface area contributed by atoms with Crippen molar-refractivity contribution in [3.05, 3.63) is 71.5 Å². The third kappa shape index (κ3) is 2.93. The Kier molecular flexibility index (Phi) is 3.54. The predicted molar refractivity (Wildman–Crippen MR) is 64.7 cm³/mol. The van der Waals surface area contributed by atoms with Crippen molar-refractivity contribution in [2.45, 2.75) is 6.10 Å². The summed E-state index contributed by atoms with van der Waals surface area (Å²) in [7, 11) is 0. The van der Waals surface area contributed by atoms with Gasteiger partial charge >= 0.3 is 0 Å². The van der Waals surface area contributed by atoms with E-state index in [4.69, 9.17) is 0 Å². The van der Waals surface area contributed by atoms with Gasteiger partial charge in [0.25, 0.3) is 0 Å². The van der Waals surface area contributed by atoms with Crippen molar-refractivity contribution in [1.29, 1.82) is 0 Å². The van der Waals surface area contributed by atoms with Crippen LogP contribution in [0.15, 0.2) is 54.6 Å². The molecule has 2 rings (SSSR count). The summed E-state index contributed by atoms with van der Waals surface area (Å²) in [5, 5.41) is 9.75. The van der Waals surface area contributed by atoms with Crippen molar-refractivity contribution in [1.82, 2.24) is 0 Å². The highest BCUT2D eigenvalue weighted by Gasteiger charge is 2.08. The van der Waals surface area contributed by atoms with Gasteiger partial charge in [-0.25, -0.2) is 4.39 Å².